The number of aliphatic hydroxyl groups excluding tert-OH is 1. The number of aromatic nitrogens is 4. The van der Waals surface area contributed by atoms with Crippen LogP contribution in [0.15, 0.2) is 41.7 Å². The summed E-state index contributed by atoms with van der Waals surface area (Å²) in [6, 6.07) is 2.98. The van der Waals surface area contributed by atoms with Crippen molar-refractivity contribution in [3.8, 4) is 11.5 Å². The molecule has 1 aromatic carbocycles. The molecule has 166 valence electrons. The molecule has 0 aliphatic heterocycles. The second-order valence-corrected chi connectivity index (χ2v) is 8.91. The number of benzene rings is 1. The molecular weight excluding hydrogens is 482 g/mol. The molecule has 0 amide bonds. The van der Waals surface area contributed by atoms with E-state index in [2.05, 4.69) is 19.9 Å². The number of alkyl halides is 3. The van der Waals surface area contributed by atoms with Crippen molar-refractivity contribution in [3.63, 3.8) is 0 Å². The van der Waals surface area contributed by atoms with Gasteiger partial charge in [0.2, 0.25) is 0 Å². The van der Waals surface area contributed by atoms with E-state index in [9.17, 15) is 26.7 Å². The monoisotopic (exact) mass is 495 g/mol. The minimum absolute atomic E-state index is 0.00998. The van der Waals surface area contributed by atoms with Gasteiger partial charge in [0.25, 0.3) is 10.0 Å². The predicted molar refractivity (Wildman–Crippen MR) is 107 cm³/mol. The second-order valence-electron chi connectivity index (χ2n) is 6.39. The van der Waals surface area contributed by atoms with Crippen molar-refractivity contribution < 1.29 is 26.7 Å². The van der Waals surface area contributed by atoms with Crippen LogP contribution in [0, 0.1) is 0 Å². The third-order valence-corrected chi connectivity index (χ3v) is 6.08. The first-order chi connectivity index (χ1) is 14.4. The van der Waals surface area contributed by atoms with Crippen molar-refractivity contribution in [3.05, 3.63) is 52.4 Å². The largest absolute Gasteiger partial charge is 0.417 e. The Kier molecular flexibility index (Phi) is 6.46. The summed E-state index contributed by atoms with van der Waals surface area (Å²) in [5, 5.41) is 16.5. The average Bonchev–Trinajstić information content (AvgIpc) is 3.16. The van der Waals surface area contributed by atoms with Crippen LogP contribution in [0.3, 0.4) is 0 Å². The summed E-state index contributed by atoms with van der Waals surface area (Å²) in [6.07, 6.45) is -2.29. The lowest BCUT2D eigenvalue weighted by molar-refractivity contribution is -0.137. The maximum Gasteiger partial charge on any atom is 0.417 e. The van der Waals surface area contributed by atoms with Gasteiger partial charge in [0.1, 0.15) is 12.0 Å². The zero-order valence-corrected chi connectivity index (χ0v) is 17.9. The van der Waals surface area contributed by atoms with Crippen LogP contribution in [0.2, 0.25) is 10.0 Å². The molecule has 2 N–H and O–H groups in total. The highest BCUT2D eigenvalue weighted by Crippen LogP contribution is 2.37. The summed E-state index contributed by atoms with van der Waals surface area (Å²) in [6.45, 7) is 1.41. The predicted octanol–water partition coefficient (Wildman–Crippen LogP) is 4.02. The molecule has 0 radical (unpaired) electrons. The number of aliphatic hydroxyl groups is 1. The fourth-order valence-corrected chi connectivity index (χ4v) is 4.08. The molecule has 0 bridgehead atoms. The normalized spacial score (nSPS) is 13.3. The molecule has 0 spiro atoms. The Balaban J connectivity index is 2.08. The van der Waals surface area contributed by atoms with Crippen molar-refractivity contribution in [2.45, 2.75) is 24.0 Å². The van der Waals surface area contributed by atoms with Gasteiger partial charge in [-0.15, -0.1) is 10.2 Å². The molecule has 1 unspecified atom stereocenters. The highest BCUT2D eigenvalue weighted by atomic mass is 35.5. The molecule has 0 aliphatic carbocycles. The maximum atomic E-state index is 13.1. The minimum Gasteiger partial charge on any atom is -0.394 e. The molecule has 0 saturated heterocycles. The number of nitrogens with zero attached hydrogens (tertiary/aromatic N) is 4. The molecule has 0 saturated carbocycles. The van der Waals surface area contributed by atoms with Gasteiger partial charge in [-0.2, -0.15) is 13.2 Å². The summed E-state index contributed by atoms with van der Waals surface area (Å²) < 4.78 is 68.7. The van der Waals surface area contributed by atoms with Crippen LogP contribution in [-0.4, -0.2) is 39.9 Å². The summed E-state index contributed by atoms with van der Waals surface area (Å²) in [5.41, 5.74) is -1.43. The summed E-state index contributed by atoms with van der Waals surface area (Å²) >= 11 is 11.5. The molecule has 0 aliphatic rings. The van der Waals surface area contributed by atoms with Crippen LogP contribution in [-0.2, 0) is 16.2 Å². The highest BCUT2D eigenvalue weighted by Gasteiger charge is 2.34. The number of sulfonamides is 1. The van der Waals surface area contributed by atoms with E-state index in [0.717, 1.165) is 12.1 Å². The van der Waals surface area contributed by atoms with Gasteiger partial charge >= 0.3 is 6.18 Å². The lowest BCUT2D eigenvalue weighted by Gasteiger charge is -2.16. The first-order valence-corrected chi connectivity index (χ1v) is 10.7. The number of hydrogen-bond donors (Lipinski definition) is 2. The summed E-state index contributed by atoms with van der Waals surface area (Å²) in [4.78, 5) is 3.42. The molecule has 2 aromatic heterocycles. The number of anilines is 1. The van der Waals surface area contributed by atoms with Crippen molar-refractivity contribution in [2.75, 3.05) is 11.3 Å². The van der Waals surface area contributed by atoms with Crippen LogP contribution in [0.1, 0.15) is 18.5 Å². The summed E-state index contributed by atoms with van der Waals surface area (Å²) in [5.74, 6) is 0.114. The zero-order valence-electron chi connectivity index (χ0n) is 15.6. The van der Waals surface area contributed by atoms with E-state index in [4.69, 9.17) is 23.2 Å². The maximum absolute atomic E-state index is 13.1. The minimum atomic E-state index is -4.85. The lowest BCUT2D eigenvalue weighted by atomic mass is 10.2. The standard InChI is InChI=1S/C17H14Cl2F3N5O3S/c1-9(7-28)27-8-24-25-16(27)15-14(4-10(18)6-23-15)26-31(29,30)11-2-3-13(19)12(5-11)17(20,21)22/h2-6,8-9,26,28H,7H2,1H3. The fourth-order valence-electron chi connectivity index (χ4n) is 2.61. The molecule has 3 rings (SSSR count). The Bertz CT molecular complexity index is 1220. The third kappa shape index (κ3) is 4.92. The van der Waals surface area contributed by atoms with E-state index in [1.165, 1.54) is 23.2 Å². The van der Waals surface area contributed by atoms with Crippen molar-refractivity contribution >= 4 is 38.9 Å². The van der Waals surface area contributed by atoms with E-state index in [-0.39, 0.29) is 28.8 Å². The second kappa shape index (κ2) is 8.61. The van der Waals surface area contributed by atoms with Gasteiger partial charge in [-0.05, 0) is 31.2 Å². The molecule has 8 nitrogen and oxygen atoms in total. The molecule has 3 aromatic rings. The van der Waals surface area contributed by atoms with Gasteiger partial charge in [0.15, 0.2) is 5.82 Å². The van der Waals surface area contributed by atoms with Gasteiger partial charge < -0.3 is 9.67 Å². The Hall–Kier alpha value is -2.41. The van der Waals surface area contributed by atoms with E-state index >= 15 is 0 Å². The fraction of sp³-hybridized carbons (Fsp3) is 0.235. The molecule has 31 heavy (non-hydrogen) atoms. The Morgan fingerprint density at radius 2 is 1.97 bits per heavy atom. The van der Waals surface area contributed by atoms with Gasteiger partial charge in [-0.3, -0.25) is 4.72 Å². The average molecular weight is 496 g/mol. The molecule has 1 atom stereocenters. The molecular formula is C17H14Cl2F3N5O3S. The Morgan fingerprint density at radius 3 is 2.61 bits per heavy atom. The number of rotatable bonds is 6. The number of pyridine rings is 1. The van der Waals surface area contributed by atoms with Crippen LogP contribution >= 0.6 is 23.2 Å². The van der Waals surface area contributed by atoms with Crippen molar-refractivity contribution in [1.82, 2.24) is 19.7 Å². The van der Waals surface area contributed by atoms with Gasteiger partial charge in [0.05, 0.1) is 38.8 Å². The quantitative estimate of drug-likeness (QED) is 0.534. The van der Waals surface area contributed by atoms with E-state index in [1.807, 2.05) is 0 Å². The Morgan fingerprint density at radius 1 is 1.26 bits per heavy atom. The number of nitrogens with one attached hydrogen (secondary N) is 1. The zero-order chi connectivity index (χ0) is 23.0. The van der Waals surface area contributed by atoms with Gasteiger partial charge in [0, 0.05) is 6.20 Å². The Labute approximate surface area is 184 Å². The van der Waals surface area contributed by atoms with Crippen LogP contribution in [0.4, 0.5) is 18.9 Å². The lowest BCUT2D eigenvalue weighted by Crippen LogP contribution is -2.17. The SMILES string of the molecule is CC(CO)n1cnnc1-c1ncc(Cl)cc1NS(=O)(=O)c1ccc(Cl)c(C(F)(F)F)c1. The van der Waals surface area contributed by atoms with Crippen LogP contribution in [0.5, 0.6) is 0 Å². The van der Waals surface area contributed by atoms with Crippen LogP contribution in [0.25, 0.3) is 11.5 Å². The molecule has 2 heterocycles. The van der Waals surface area contributed by atoms with Crippen LogP contribution < -0.4 is 4.72 Å². The van der Waals surface area contributed by atoms with Gasteiger partial charge in [-0.25, -0.2) is 13.4 Å². The third-order valence-electron chi connectivity index (χ3n) is 4.18. The number of halogens is 5. The number of hydrogen-bond acceptors (Lipinski definition) is 6. The van der Waals surface area contributed by atoms with E-state index < -0.39 is 37.7 Å². The smallest absolute Gasteiger partial charge is 0.394 e. The highest BCUT2D eigenvalue weighted by molar-refractivity contribution is 7.92. The molecule has 14 heteroatoms. The first-order valence-electron chi connectivity index (χ1n) is 8.50. The van der Waals surface area contributed by atoms with E-state index in [0.29, 0.717) is 6.07 Å². The topological polar surface area (TPSA) is 110 Å². The van der Waals surface area contributed by atoms with Gasteiger partial charge in [-0.1, -0.05) is 23.2 Å². The molecule has 0 fully saturated rings. The van der Waals surface area contributed by atoms with Crippen molar-refractivity contribution in [2.24, 2.45) is 0 Å². The van der Waals surface area contributed by atoms with E-state index in [1.54, 1.807) is 6.92 Å². The summed E-state index contributed by atoms with van der Waals surface area (Å²) in [7, 11) is -4.50. The first kappa shape index (κ1) is 23.3. The van der Waals surface area contributed by atoms with Crippen molar-refractivity contribution in [1.29, 1.82) is 0 Å².